The molecule has 2 rings (SSSR count). The lowest BCUT2D eigenvalue weighted by atomic mass is 10.1. The molecule has 1 fully saturated rings. The molecule has 94 valence electrons. The van der Waals surface area contributed by atoms with E-state index in [0.717, 1.165) is 31.6 Å². The fourth-order valence-corrected chi connectivity index (χ4v) is 2.22. The average molecular weight is 237 g/mol. The Morgan fingerprint density at radius 2 is 2.29 bits per heavy atom. The molecule has 1 saturated carbocycles. The van der Waals surface area contributed by atoms with Crippen molar-refractivity contribution in [2.75, 3.05) is 19.0 Å². The molecular weight excluding hydrogens is 218 g/mol. The minimum Gasteiger partial charge on any atom is -0.481 e. The number of aliphatic hydroxyl groups excluding tert-OH is 1. The number of aromatic nitrogens is 2. The van der Waals surface area contributed by atoms with Crippen LogP contribution in [0.4, 0.5) is 5.82 Å². The summed E-state index contributed by atoms with van der Waals surface area (Å²) < 4.78 is 5.09. The van der Waals surface area contributed by atoms with Gasteiger partial charge in [0.15, 0.2) is 0 Å². The van der Waals surface area contributed by atoms with Gasteiger partial charge in [0.25, 0.3) is 0 Å². The van der Waals surface area contributed by atoms with Gasteiger partial charge >= 0.3 is 0 Å². The van der Waals surface area contributed by atoms with E-state index in [9.17, 15) is 5.11 Å². The van der Waals surface area contributed by atoms with Crippen LogP contribution in [0.3, 0.4) is 0 Å². The van der Waals surface area contributed by atoms with E-state index in [-0.39, 0.29) is 6.10 Å². The number of rotatable bonds is 4. The van der Waals surface area contributed by atoms with E-state index in [0.29, 0.717) is 17.6 Å². The van der Waals surface area contributed by atoms with Crippen LogP contribution >= 0.6 is 0 Å². The van der Waals surface area contributed by atoms with Crippen molar-refractivity contribution in [3.05, 3.63) is 11.9 Å². The molecule has 5 heteroatoms. The zero-order chi connectivity index (χ0) is 12.3. The summed E-state index contributed by atoms with van der Waals surface area (Å²) in [4.78, 5) is 8.43. The van der Waals surface area contributed by atoms with Gasteiger partial charge in [-0.15, -0.1) is 0 Å². The van der Waals surface area contributed by atoms with Gasteiger partial charge in [0.05, 0.1) is 13.2 Å². The van der Waals surface area contributed by atoms with Crippen molar-refractivity contribution in [2.45, 2.75) is 32.3 Å². The fourth-order valence-electron chi connectivity index (χ4n) is 2.22. The van der Waals surface area contributed by atoms with Crippen LogP contribution in [-0.4, -0.2) is 34.8 Å². The second-order valence-electron chi connectivity index (χ2n) is 4.56. The Morgan fingerprint density at radius 1 is 1.47 bits per heavy atom. The molecule has 2 atom stereocenters. The third kappa shape index (κ3) is 3.30. The number of nitrogens with zero attached hydrogens (tertiary/aromatic N) is 2. The highest BCUT2D eigenvalue weighted by molar-refractivity contribution is 5.38. The number of methoxy groups -OCH3 is 1. The summed E-state index contributed by atoms with van der Waals surface area (Å²) in [5.41, 5.74) is 0. The molecule has 0 spiro atoms. The Morgan fingerprint density at radius 3 is 2.94 bits per heavy atom. The van der Waals surface area contributed by atoms with Crippen molar-refractivity contribution >= 4 is 5.82 Å². The molecular formula is C12H19N3O2. The van der Waals surface area contributed by atoms with E-state index >= 15 is 0 Å². The number of hydrogen-bond acceptors (Lipinski definition) is 5. The molecule has 1 aliphatic carbocycles. The first-order valence-electron chi connectivity index (χ1n) is 5.99. The van der Waals surface area contributed by atoms with Crippen LogP contribution < -0.4 is 10.1 Å². The highest BCUT2D eigenvalue weighted by Crippen LogP contribution is 2.25. The molecule has 17 heavy (non-hydrogen) atoms. The quantitative estimate of drug-likeness (QED) is 0.827. The van der Waals surface area contributed by atoms with Gasteiger partial charge in [0, 0.05) is 12.6 Å². The van der Waals surface area contributed by atoms with E-state index in [4.69, 9.17) is 4.74 Å². The number of hydrogen-bond donors (Lipinski definition) is 2. The Balaban J connectivity index is 1.92. The normalized spacial score (nSPS) is 23.7. The van der Waals surface area contributed by atoms with Crippen LogP contribution in [0.2, 0.25) is 0 Å². The summed E-state index contributed by atoms with van der Waals surface area (Å²) in [7, 11) is 1.60. The van der Waals surface area contributed by atoms with Gasteiger partial charge in [0.1, 0.15) is 11.6 Å². The Bertz CT molecular complexity index is 384. The monoisotopic (exact) mass is 237 g/mol. The summed E-state index contributed by atoms with van der Waals surface area (Å²) in [5, 5.41) is 12.7. The van der Waals surface area contributed by atoms with Gasteiger partial charge in [-0.2, -0.15) is 4.98 Å². The maximum atomic E-state index is 9.45. The van der Waals surface area contributed by atoms with Crippen LogP contribution in [0.1, 0.15) is 25.1 Å². The van der Waals surface area contributed by atoms with Crippen molar-refractivity contribution in [2.24, 2.45) is 5.92 Å². The van der Waals surface area contributed by atoms with E-state index < -0.39 is 0 Å². The molecule has 2 N–H and O–H groups in total. The summed E-state index contributed by atoms with van der Waals surface area (Å²) in [6.45, 7) is 2.68. The molecule has 1 aliphatic rings. The van der Waals surface area contributed by atoms with Crippen LogP contribution in [-0.2, 0) is 0 Å². The maximum absolute atomic E-state index is 9.45. The fraction of sp³-hybridized carbons (Fsp3) is 0.667. The number of nitrogens with one attached hydrogen (secondary N) is 1. The molecule has 1 heterocycles. The Labute approximate surface area is 101 Å². The summed E-state index contributed by atoms with van der Waals surface area (Å²) in [6, 6.07) is 1.79. The lowest BCUT2D eigenvalue weighted by Gasteiger charge is -2.12. The standard InChI is InChI=1S/C12H19N3O2/c1-8-14-11(6-12(15-8)17-2)13-7-9-3-4-10(16)5-9/h6,9-10,16H,3-5,7H2,1-2H3,(H,13,14,15). The number of anilines is 1. The van der Waals surface area contributed by atoms with Crippen molar-refractivity contribution in [1.82, 2.24) is 9.97 Å². The predicted molar refractivity (Wildman–Crippen MR) is 65.2 cm³/mol. The van der Waals surface area contributed by atoms with E-state index in [2.05, 4.69) is 15.3 Å². The van der Waals surface area contributed by atoms with Gasteiger partial charge < -0.3 is 15.2 Å². The molecule has 0 aliphatic heterocycles. The third-order valence-electron chi connectivity index (χ3n) is 3.11. The van der Waals surface area contributed by atoms with Gasteiger partial charge in [0.2, 0.25) is 5.88 Å². The van der Waals surface area contributed by atoms with E-state index in [1.54, 1.807) is 13.2 Å². The number of aryl methyl sites for hydroxylation is 1. The molecule has 1 aromatic rings. The predicted octanol–water partition coefficient (Wildman–Crippen LogP) is 1.37. The molecule has 0 aromatic carbocycles. The molecule has 0 radical (unpaired) electrons. The van der Waals surface area contributed by atoms with Crippen LogP contribution in [0.15, 0.2) is 6.07 Å². The van der Waals surface area contributed by atoms with Crippen LogP contribution in [0, 0.1) is 12.8 Å². The van der Waals surface area contributed by atoms with Gasteiger partial charge in [-0.25, -0.2) is 4.98 Å². The molecule has 5 nitrogen and oxygen atoms in total. The molecule has 0 saturated heterocycles. The van der Waals surface area contributed by atoms with Gasteiger partial charge in [-0.3, -0.25) is 0 Å². The molecule has 2 unspecified atom stereocenters. The largest absolute Gasteiger partial charge is 0.481 e. The zero-order valence-corrected chi connectivity index (χ0v) is 10.3. The third-order valence-corrected chi connectivity index (χ3v) is 3.11. The maximum Gasteiger partial charge on any atom is 0.218 e. The smallest absolute Gasteiger partial charge is 0.218 e. The Kier molecular flexibility index (Phi) is 3.78. The lowest BCUT2D eigenvalue weighted by Crippen LogP contribution is -2.14. The first kappa shape index (κ1) is 12.1. The SMILES string of the molecule is COc1cc(NCC2CCC(O)C2)nc(C)n1. The van der Waals surface area contributed by atoms with E-state index in [1.165, 1.54) is 0 Å². The molecule has 1 aromatic heterocycles. The highest BCUT2D eigenvalue weighted by Gasteiger charge is 2.22. The van der Waals surface area contributed by atoms with Crippen LogP contribution in [0.5, 0.6) is 5.88 Å². The second-order valence-corrected chi connectivity index (χ2v) is 4.56. The summed E-state index contributed by atoms with van der Waals surface area (Å²) >= 11 is 0. The number of aliphatic hydroxyl groups is 1. The van der Waals surface area contributed by atoms with Crippen molar-refractivity contribution in [3.63, 3.8) is 0 Å². The molecule has 0 amide bonds. The minimum atomic E-state index is -0.122. The second kappa shape index (κ2) is 5.31. The van der Waals surface area contributed by atoms with Crippen LogP contribution in [0.25, 0.3) is 0 Å². The number of ether oxygens (including phenoxy) is 1. The van der Waals surface area contributed by atoms with E-state index in [1.807, 2.05) is 6.92 Å². The summed E-state index contributed by atoms with van der Waals surface area (Å²) in [6.07, 6.45) is 2.76. The first-order chi connectivity index (χ1) is 8.17. The average Bonchev–Trinajstić information content (AvgIpc) is 2.72. The molecule has 0 bridgehead atoms. The topological polar surface area (TPSA) is 67.3 Å². The Hall–Kier alpha value is -1.36. The summed E-state index contributed by atoms with van der Waals surface area (Å²) in [5.74, 6) is 2.59. The van der Waals surface area contributed by atoms with Crippen molar-refractivity contribution in [3.8, 4) is 5.88 Å². The van der Waals surface area contributed by atoms with Gasteiger partial charge in [-0.1, -0.05) is 0 Å². The first-order valence-corrected chi connectivity index (χ1v) is 5.99. The van der Waals surface area contributed by atoms with Crippen molar-refractivity contribution in [1.29, 1.82) is 0 Å². The lowest BCUT2D eigenvalue weighted by molar-refractivity contribution is 0.178. The van der Waals surface area contributed by atoms with Crippen molar-refractivity contribution < 1.29 is 9.84 Å². The minimum absolute atomic E-state index is 0.122. The zero-order valence-electron chi connectivity index (χ0n) is 10.3. The highest BCUT2D eigenvalue weighted by atomic mass is 16.5. The van der Waals surface area contributed by atoms with Gasteiger partial charge in [-0.05, 0) is 32.1 Å².